The highest BCUT2D eigenvalue weighted by Crippen LogP contribution is 2.28. The maximum absolute atomic E-state index is 11.3. The fourth-order valence-corrected chi connectivity index (χ4v) is 3.72. The Morgan fingerprint density at radius 3 is 2.50 bits per heavy atom. The lowest BCUT2D eigenvalue weighted by Crippen LogP contribution is -2.10. The van der Waals surface area contributed by atoms with Crippen molar-refractivity contribution < 1.29 is 8.42 Å². The molecule has 1 heterocycles. The molecule has 1 aliphatic heterocycles. The van der Waals surface area contributed by atoms with Gasteiger partial charge in [0.25, 0.3) is 0 Å². The summed E-state index contributed by atoms with van der Waals surface area (Å²) in [5.41, 5.74) is 0. The lowest BCUT2D eigenvalue weighted by Gasteiger charge is -2.04. The van der Waals surface area contributed by atoms with Crippen LogP contribution in [0.15, 0.2) is 0 Å². The van der Waals surface area contributed by atoms with Gasteiger partial charge in [0.1, 0.15) is 0 Å². The molecule has 0 aliphatic carbocycles. The van der Waals surface area contributed by atoms with Crippen LogP contribution in [-0.4, -0.2) is 19.4 Å². The Hall–Kier alpha value is -0.0500. The first-order valence-electron chi connectivity index (χ1n) is 4.78. The molecule has 0 N–H and O–H groups in total. The van der Waals surface area contributed by atoms with Gasteiger partial charge in [0.15, 0.2) is 9.84 Å². The Bertz CT molecular complexity index is 231. The van der Waals surface area contributed by atoms with E-state index < -0.39 is 9.84 Å². The maximum atomic E-state index is 11.3. The molecule has 0 aromatic rings. The summed E-state index contributed by atoms with van der Waals surface area (Å²) in [4.78, 5) is 0. The van der Waals surface area contributed by atoms with E-state index >= 15 is 0 Å². The van der Waals surface area contributed by atoms with E-state index in [4.69, 9.17) is 0 Å². The molecule has 0 aromatic heterocycles. The van der Waals surface area contributed by atoms with Crippen LogP contribution in [0.25, 0.3) is 0 Å². The topological polar surface area (TPSA) is 34.1 Å². The fourth-order valence-electron chi connectivity index (χ4n) is 1.87. The monoisotopic (exact) mass is 190 g/mol. The fraction of sp³-hybridized carbons (Fsp3) is 1.00. The van der Waals surface area contributed by atoms with Crippen molar-refractivity contribution in [2.45, 2.75) is 44.8 Å². The standard InChI is InChI=1S/C9H18O2S/c1-3-4-5-9-6-8(2)12(10,11)7-9/h8-9H,3-7H2,1-2H3. The van der Waals surface area contributed by atoms with Gasteiger partial charge in [0.2, 0.25) is 0 Å². The van der Waals surface area contributed by atoms with Crippen LogP contribution in [0, 0.1) is 5.92 Å². The molecule has 2 unspecified atom stereocenters. The third kappa shape index (κ3) is 2.22. The molecule has 0 aromatic carbocycles. The molecule has 0 bridgehead atoms. The molecule has 2 nitrogen and oxygen atoms in total. The molecule has 0 amide bonds. The van der Waals surface area contributed by atoms with Crippen LogP contribution in [0.3, 0.4) is 0 Å². The van der Waals surface area contributed by atoms with Crippen molar-refractivity contribution in [1.29, 1.82) is 0 Å². The van der Waals surface area contributed by atoms with Crippen LogP contribution in [0.1, 0.15) is 39.5 Å². The molecule has 1 saturated heterocycles. The van der Waals surface area contributed by atoms with E-state index in [-0.39, 0.29) is 5.25 Å². The highest BCUT2D eigenvalue weighted by atomic mass is 32.2. The molecule has 3 heteroatoms. The first-order chi connectivity index (χ1) is 5.56. The normalized spacial score (nSPS) is 33.8. The Labute approximate surface area is 75.3 Å². The zero-order valence-electron chi connectivity index (χ0n) is 7.91. The minimum atomic E-state index is -2.70. The quantitative estimate of drug-likeness (QED) is 0.682. The van der Waals surface area contributed by atoms with Gasteiger partial charge in [-0.05, 0) is 25.7 Å². The third-order valence-corrected chi connectivity index (χ3v) is 5.07. The second kappa shape index (κ2) is 3.77. The highest BCUT2D eigenvalue weighted by Gasteiger charge is 2.34. The van der Waals surface area contributed by atoms with E-state index in [0.29, 0.717) is 11.7 Å². The highest BCUT2D eigenvalue weighted by molar-refractivity contribution is 7.92. The van der Waals surface area contributed by atoms with Crippen LogP contribution in [-0.2, 0) is 9.84 Å². The van der Waals surface area contributed by atoms with Gasteiger partial charge in [0.05, 0.1) is 11.0 Å². The van der Waals surface area contributed by atoms with Crippen molar-refractivity contribution in [2.75, 3.05) is 5.75 Å². The summed E-state index contributed by atoms with van der Waals surface area (Å²) in [5.74, 6) is 0.888. The minimum Gasteiger partial charge on any atom is -0.229 e. The van der Waals surface area contributed by atoms with Crippen LogP contribution in [0.2, 0.25) is 0 Å². The van der Waals surface area contributed by atoms with Gasteiger partial charge in [-0.1, -0.05) is 19.8 Å². The van der Waals surface area contributed by atoms with Crippen molar-refractivity contribution in [3.63, 3.8) is 0 Å². The van der Waals surface area contributed by atoms with Gasteiger partial charge >= 0.3 is 0 Å². The SMILES string of the molecule is CCCCC1CC(C)S(=O)(=O)C1. The van der Waals surface area contributed by atoms with E-state index in [1.807, 2.05) is 6.92 Å². The number of sulfone groups is 1. The Morgan fingerprint density at radius 2 is 2.08 bits per heavy atom. The zero-order chi connectivity index (χ0) is 9.19. The molecule has 1 rings (SSSR count). The predicted molar refractivity (Wildman–Crippen MR) is 50.9 cm³/mol. The van der Waals surface area contributed by atoms with Gasteiger partial charge in [0, 0.05) is 0 Å². The first kappa shape index (κ1) is 10.0. The van der Waals surface area contributed by atoms with Gasteiger partial charge in [-0.2, -0.15) is 0 Å². The maximum Gasteiger partial charge on any atom is 0.153 e. The summed E-state index contributed by atoms with van der Waals surface area (Å²) in [6.45, 7) is 3.98. The smallest absolute Gasteiger partial charge is 0.153 e. The van der Waals surface area contributed by atoms with Crippen molar-refractivity contribution in [2.24, 2.45) is 5.92 Å². The number of unbranched alkanes of at least 4 members (excludes halogenated alkanes) is 1. The van der Waals surface area contributed by atoms with Crippen LogP contribution in [0.5, 0.6) is 0 Å². The second-order valence-corrected chi connectivity index (χ2v) is 6.35. The number of hydrogen-bond acceptors (Lipinski definition) is 2. The van der Waals surface area contributed by atoms with Crippen LogP contribution < -0.4 is 0 Å². The summed E-state index contributed by atoms with van der Waals surface area (Å²) in [6, 6.07) is 0. The minimum absolute atomic E-state index is 0.0839. The number of rotatable bonds is 3. The molecule has 72 valence electrons. The average molecular weight is 190 g/mol. The van der Waals surface area contributed by atoms with E-state index in [2.05, 4.69) is 6.92 Å². The molecule has 0 radical (unpaired) electrons. The molecule has 1 aliphatic rings. The van der Waals surface area contributed by atoms with Gasteiger partial charge in [-0.25, -0.2) is 8.42 Å². The van der Waals surface area contributed by atoms with Gasteiger partial charge in [-0.3, -0.25) is 0 Å². The third-order valence-electron chi connectivity index (χ3n) is 2.71. The van der Waals surface area contributed by atoms with Crippen molar-refractivity contribution in [1.82, 2.24) is 0 Å². The molecular formula is C9H18O2S. The summed E-state index contributed by atoms with van der Waals surface area (Å²) >= 11 is 0. The van der Waals surface area contributed by atoms with Crippen LogP contribution >= 0.6 is 0 Å². The summed E-state index contributed by atoms with van der Waals surface area (Å²) in [7, 11) is -2.70. The van der Waals surface area contributed by atoms with E-state index in [9.17, 15) is 8.42 Å². The zero-order valence-corrected chi connectivity index (χ0v) is 8.73. The summed E-state index contributed by atoms with van der Waals surface area (Å²) < 4.78 is 22.7. The Morgan fingerprint density at radius 1 is 1.42 bits per heavy atom. The Balaban J connectivity index is 2.44. The van der Waals surface area contributed by atoms with E-state index in [1.54, 1.807) is 0 Å². The van der Waals surface area contributed by atoms with Gasteiger partial charge < -0.3 is 0 Å². The lowest BCUT2D eigenvalue weighted by molar-refractivity contribution is 0.498. The largest absolute Gasteiger partial charge is 0.229 e. The number of hydrogen-bond donors (Lipinski definition) is 0. The molecular weight excluding hydrogens is 172 g/mol. The second-order valence-electron chi connectivity index (χ2n) is 3.88. The lowest BCUT2D eigenvalue weighted by atomic mass is 10.00. The van der Waals surface area contributed by atoms with Crippen LogP contribution in [0.4, 0.5) is 0 Å². The van der Waals surface area contributed by atoms with E-state index in [0.717, 1.165) is 12.8 Å². The average Bonchev–Trinajstić information content (AvgIpc) is 2.22. The molecule has 0 spiro atoms. The molecule has 0 saturated carbocycles. The predicted octanol–water partition coefficient (Wildman–Crippen LogP) is 2.00. The van der Waals surface area contributed by atoms with Gasteiger partial charge in [-0.15, -0.1) is 0 Å². The first-order valence-corrected chi connectivity index (χ1v) is 6.49. The molecule has 12 heavy (non-hydrogen) atoms. The van der Waals surface area contributed by atoms with Crippen molar-refractivity contribution in [3.05, 3.63) is 0 Å². The molecule has 2 atom stereocenters. The Kier molecular flexibility index (Phi) is 3.16. The summed E-state index contributed by atoms with van der Waals surface area (Å²) in [6.07, 6.45) is 4.33. The molecule has 1 fully saturated rings. The van der Waals surface area contributed by atoms with E-state index in [1.165, 1.54) is 12.8 Å². The van der Waals surface area contributed by atoms with Crippen molar-refractivity contribution in [3.8, 4) is 0 Å². The van der Waals surface area contributed by atoms with Crippen molar-refractivity contribution >= 4 is 9.84 Å². The summed E-state index contributed by atoms with van der Waals surface area (Å²) in [5, 5.41) is -0.0839.